The lowest BCUT2D eigenvalue weighted by molar-refractivity contribution is -0.149. The molecule has 1 saturated heterocycles. The molecule has 1 aliphatic rings. The molecule has 0 amide bonds. The Balaban J connectivity index is 2.66. The van der Waals surface area contributed by atoms with Gasteiger partial charge in [0, 0.05) is 25.7 Å². The highest BCUT2D eigenvalue weighted by atomic mass is 32.2. The second-order valence-corrected chi connectivity index (χ2v) is 6.41. The Morgan fingerprint density at radius 3 is 2.84 bits per heavy atom. The lowest BCUT2D eigenvalue weighted by Gasteiger charge is -2.31. The summed E-state index contributed by atoms with van der Waals surface area (Å²) < 4.78 is 32.9. The van der Waals surface area contributed by atoms with Gasteiger partial charge in [0.2, 0.25) is 0 Å². The van der Waals surface area contributed by atoms with Crippen molar-refractivity contribution in [1.82, 2.24) is 9.03 Å². The van der Waals surface area contributed by atoms with E-state index in [0.29, 0.717) is 26.0 Å². The van der Waals surface area contributed by atoms with E-state index < -0.39 is 10.2 Å². The van der Waals surface area contributed by atoms with Gasteiger partial charge in [-0.05, 0) is 26.7 Å². The van der Waals surface area contributed by atoms with E-state index in [4.69, 9.17) is 10.5 Å². The second kappa shape index (κ2) is 7.18. The smallest absolute Gasteiger partial charge is 0.310 e. The first kappa shape index (κ1) is 16.4. The standard InChI is InChI=1S/C11H23N3O4S/c1-3-18-11(15)10-5-4-6-14(8-10)19(16,17)13-9(2)7-12/h9-10,13H,3-8,12H2,1-2H3. The van der Waals surface area contributed by atoms with Crippen LogP contribution in [0.4, 0.5) is 0 Å². The summed E-state index contributed by atoms with van der Waals surface area (Å²) in [7, 11) is -3.58. The molecule has 1 rings (SSSR count). The molecule has 2 unspecified atom stereocenters. The summed E-state index contributed by atoms with van der Waals surface area (Å²) in [5.74, 6) is -0.701. The van der Waals surface area contributed by atoms with E-state index in [9.17, 15) is 13.2 Å². The Kier molecular flexibility index (Phi) is 6.18. The molecule has 3 N–H and O–H groups in total. The summed E-state index contributed by atoms with van der Waals surface area (Å²) in [6.45, 7) is 4.57. The van der Waals surface area contributed by atoms with Crippen LogP contribution in [0.5, 0.6) is 0 Å². The maximum absolute atomic E-state index is 12.1. The first-order chi connectivity index (χ1) is 8.90. The molecule has 2 atom stereocenters. The van der Waals surface area contributed by atoms with Gasteiger partial charge in [-0.15, -0.1) is 0 Å². The molecule has 1 heterocycles. The minimum absolute atomic E-state index is 0.172. The van der Waals surface area contributed by atoms with Gasteiger partial charge in [0.25, 0.3) is 10.2 Å². The third-order valence-electron chi connectivity index (χ3n) is 3.05. The second-order valence-electron chi connectivity index (χ2n) is 4.71. The van der Waals surface area contributed by atoms with E-state index in [-0.39, 0.29) is 31.0 Å². The molecule has 1 fully saturated rings. The Bertz CT molecular complexity index is 399. The number of hydrogen-bond donors (Lipinski definition) is 2. The molecule has 7 nitrogen and oxygen atoms in total. The highest BCUT2D eigenvalue weighted by molar-refractivity contribution is 7.87. The third kappa shape index (κ3) is 4.72. The van der Waals surface area contributed by atoms with Crippen molar-refractivity contribution < 1.29 is 17.9 Å². The minimum atomic E-state index is -3.58. The fourth-order valence-electron chi connectivity index (χ4n) is 1.99. The van der Waals surface area contributed by atoms with Crippen molar-refractivity contribution in [3.05, 3.63) is 0 Å². The number of ether oxygens (including phenoxy) is 1. The molecule has 0 aromatic carbocycles. The van der Waals surface area contributed by atoms with Crippen molar-refractivity contribution in [3.63, 3.8) is 0 Å². The summed E-state index contributed by atoms with van der Waals surface area (Å²) in [5, 5.41) is 0. The summed E-state index contributed by atoms with van der Waals surface area (Å²) in [5.41, 5.74) is 5.40. The molecule has 0 saturated carbocycles. The zero-order chi connectivity index (χ0) is 14.5. The van der Waals surface area contributed by atoms with Crippen molar-refractivity contribution in [2.24, 2.45) is 11.7 Å². The van der Waals surface area contributed by atoms with Crippen LogP contribution in [-0.4, -0.2) is 51.0 Å². The van der Waals surface area contributed by atoms with E-state index in [1.807, 2.05) is 0 Å². The lowest BCUT2D eigenvalue weighted by atomic mass is 10.0. The van der Waals surface area contributed by atoms with E-state index in [1.165, 1.54) is 4.31 Å². The van der Waals surface area contributed by atoms with Gasteiger partial charge >= 0.3 is 5.97 Å². The van der Waals surface area contributed by atoms with Gasteiger partial charge in [0.15, 0.2) is 0 Å². The minimum Gasteiger partial charge on any atom is -0.466 e. The quantitative estimate of drug-likeness (QED) is 0.639. The summed E-state index contributed by atoms with van der Waals surface area (Å²) in [4.78, 5) is 11.7. The Hall–Kier alpha value is -0.700. The topological polar surface area (TPSA) is 102 Å². The summed E-state index contributed by atoms with van der Waals surface area (Å²) >= 11 is 0. The molecular weight excluding hydrogens is 270 g/mol. The Morgan fingerprint density at radius 2 is 2.26 bits per heavy atom. The van der Waals surface area contributed by atoms with E-state index in [1.54, 1.807) is 13.8 Å². The number of nitrogens with two attached hydrogens (primary N) is 1. The molecule has 0 spiro atoms. The molecule has 0 aromatic heterocycles. The SMILES string of the molecule is CCOC(=O)C1CCCN(S(=O)(=O)NC(C)CN)C1. The van der Waals surface area contributed by atoms with Crippen molar-refractivity contribution in [1.29, 1.82) is 0 Å². The molecule has 112 valence electrons. The van der Waals surface area contributed by atoms with Crippen molar-refractivity contribution in [2.45, 2.75) is 32.7 Å². The molecule has 0 radical (unpaired) electrons. The van der Waals surface area contributed by atoms with Crippen LogP contribution in [-0.2, 0) is 19.7 Å². The molecule has 0 aliphatic carbocycles. The van der Waals surface area contributed by atoms with Crippen LogP contribution in [0.2, 0.25) is 0 Å². The van der Waals surface area contributed by atoms with Gasteiger partial charge in [-0.2, -0.15) is 17.4 Å². The average Bonchev–Trinajstić information content (AvgIpc) is 2.38. The molecule has 8 heteroatoms. The Morgan fingerprint density at radius 1 is 1.58 bits per heavy atom. The largest absolute Gasteiger partial charge is 0.466 e. The predicted octanol–water partition coefficient (Wildman–Crippen LogP) is -0.557. The van der Waals surface area contributed by atoms with Gasteiger partial charge in [0.1, 0.15) is 0 Å². The number of carbonyl (C=O) groups is 1. The van der Waals surface area contributed by atoms with Crippen LogP contribution in [0.3, 0.4) is 0 Å². The molecule has 1 aliphatic heterocycles. The number of rotatable bonds is 6. The summed E-state index contributed by atoms with van der Waals surface area (Å²) in [6.07, 6.45) is 1.32. The Labute approximate surface area is 114 Å². The van der Waals surface area contributed by atoms with Crippen LogP contribution in [0.15, 0.2) is 0 Å². The number of carbonyl (C=O) groups excluding carboxylic acids is 1. The zero-order valence-corrected chi connectivity index (χ0v) is 12.3. The van der Waals surface area contributed by atoms with E-state index >= 15 is 0 Å². The molecule has 0 aromatic rings. The number of piperidine rings is 1. The fraction of sp³-hybridized carbons (Fsp3) is 0.909. The molecule has 19 heavy (non-hydrogen) atoms. The lowest BCUT2D eigenvalue weighted by Crippen LogP contribution is -2.51. The van der Waals surface area contributed by atoms with E-state index in [2.05, 4.69) is 4.72 Å². The number of nitrogens with zero attached hydrogens (tertiary/aromatic N) is 1. The van der Waals surface area contributed by atoms with Crippen LogP contribution in [0, 0.1) is 5.92 Å². The van der Waals surface area contributed by atoms with E-state index in [0.717, 1.165) is 0 Å². The fourth-order valence-corrected chi connectivity index (χ4v) is 3.49. The average molecular weight is 293 g/mol. The number of esters is 1. The molecular formula is C11H23N3O4S. The predicted molar refractivity (Wildman–Crippen MR) is 71.5 cm³/mol. The van der Waals surface area contributed by atoms with Gasteiger partial charge < -0.3 is 10.5 Å². The van der Waals surface area contributed by atoms with Gasteiger partial charge in [-0.3, -0.25) is 4.79 Å². The highest BCUT2D eigenvalue weighted by Gasteiger charge is 2.33. The third-order valence-corrected chi connectivity index (χ3v) is 4.76. The van der Waals surface area contributed by atoms with Crippen molar-refractivity contribution in [2.75, 3.05) is 26.2 Å². The van der Waals surface area contributed by atoms with Crippen molar-refractivity contribution >= 4 is 16.2 Å². The normalized spacial score (nSPS) is 23.0. The van der Waals surface area contributed by atoms with Crippen LogP contribution >= 0.6 is 0 Å². The molecule has 0 bridgehead atoms. The number of nitrogens with one attached hydrogen (secondary N) is 1. The maximum Gasteiger partial charge on any atom is 0.310 e. The monoisotopic (exact) mass is 293 g/mol. The first-order valence-electron chi connectivity index (χ1n) is 6.54. The zero-order valence-electron chi connectivity index (χ0n) is 11.5. The van der Waals surface area contributed by atoms with Gasteiger partial charge in [0.05, 0.1) is 12.5 Å². The van der Waals surface area contributed by atoms with Gasteiger partial charge in [-0.1, -0.05) is 0 Å². The van der Waals surface area contributed by atoms with Gasteiger partial charge in [-0.25, -0.2) is 0 Å². The summed E-state index contributed by atoms with van der Waals surface area (Å²) in [6, 6.07) is -0.326. The maximum atomic E-state index is 12.1. The van der Waals surface area contributed by atoms with Crippen molar-refractivity contribution in [3.8, 4) is 0 Å². The van der Waals surface area contributed by atoms with Crippen LogP contribution in [0.1, 0.15) is 26.7 Å². The first-order valence-corrected chi connectivity index (χ1v) is 7.98. The van der Waals surface area contributed by atoms with Crippen LogP contribution < -0.4 is 10.5 Å². The number of hydrogen-bond acceptors (Lipinski definition) is 5. The highest BCUT2D eigenvalue weighted by Crippen LogP contribution is 2.20. The van der Waals surface area contributed by atoms with Crippen LogP contribution in [0.25, 0.3) is 0 Å².